The van der Waals surface area contributed by atoms with Gasteiger partial charge in [0.15, 0.2) is 0 Å². The number of esters is 1. The number of hydrogen-bond donors (Lipinski definition) is 0. The number of rotatable bonds is 3. The third-order valence-electron chi connectivity index (χ3n) is 4.26. The summed E-state index contributed by atoms with van der Waals surface area (Å²) in [6, 6.07) is 6.75. The maximum absolute atomic E-state index is 12.7. The van der Waals surface area contributed by atoms with Crippen molar-refractivity contribution in [2.24, 2.45) is 13.0 Å². The molecule has 1 aromatic heterocycles. The number of hydrogen-bond acceptors (Lipinski definition) is 4. The quantitative estimate of drug-likeness (QED) is 0.595. The van der Waals surface area contributed by atoms with E-state index in [0.717, 1.165) is 10.0 Å². The SMILES string of the molecule is CN1C(=O)CCC(C(=O)Oc2ccc(Br)cc2)C1c1cnn(C)c1. The highest BCUT2D eigenvalue weighted by atomic mass is 79.9. The van der Waals surface area contributed by atoms with E-state index in [-0.39, 0.29) is 17.9 Å². The zero-order chi connectivity index (χ0) is 17.3. The minimum atomic E-state index is -0.416. The summed E-state index contributed by atoms with van der Waals surface area (Å²) < 4.78 is 8.11. The number of likely N-dealkylation sites (tertiary alicyclic amines) is 1. The van der Waals surface area contributed by atoms with E-state index >= 15 is 0 Å². The number of aromatic nitrogens is 2. The molecule has 2 atom stereocenters. The second-order valence-electron chi connectivity index (χ2n) is 5.92. The van der Waals surface area contributed by atoms with Crippen molar-refractivity contribution in [1.82, 2.24) is 14.7 Å². The third-order valence-corrected chi connectivity index (χ3v) is 4.79. The Labute approximate surface area is 148 Å². The molecule has 1 aliphatic rings. The maximum Gasteiger partial charge on any atom is 0.316 e. The lowest BCUT2D eigenvalue weighted by molar-refractivity contribution is -0.148. The van der Waals surface area contributed by atoms with Crippen LogP contribution in [-0.4, -0.2) is 33.6 Å². The molecule has 0 spiro atoms. The number of piperidine rings is 1. The Kier molecular flexibility index (Phi) is 4.71. The molecule has 1 amide bonds. The van der Waals surface area contributed by atoms with Crippen LogP contribution in [0.3, 0.4) is 0 Å². The van der Waals surface area contributed by atoms with Gasteiger partial charge in [0.25, 0.3) is 0 Å². The van der Waals surface area contributed by atoms with Gasteiger partial charge in [-0.05, 0) is 30.7 Å². The summed E-state index contributed by atoms with van der Waals surface area (Å²) in [6.45, 7) is 0. The van der Waals surface area contributed by atoms with Gasteiger partial charge in [0.05, 0.1) is 18.2 Å². The predicted octanol–water partition coefficient (Wildman–Crippen LogP) is 2.70. The van der Waals surface area contributed by atoms with Crippen LogP contribution >= 0.6 is 15.9 Å². The molecular formula is C17H18BrN3O3. The summed E-state index contributed by atoms with van der Waals surface area (Å²) in [5.41, 5.74) is 0.839. The van der Waals surface area contributed by atoms with E-state index in [2.05, 4.69) is 21.0 Å². The lowest BCUT2D eigenvalue weighted by Crippen LogP contribution is -2.44. The van der Waals surface area contributed by atoms with Crippen molar-refractivity contribution < 1.29 is 14.3 Å². The van der Waals surface area contributed by atoms with Gasteiger partial charge in [-0.15, -0.1) is 0 Å². The molecule has 0 radical (unpaired) electrons. The van der Waals surface area contributed by atoms with Gasteiger partial charge < -0.3 is 9.64 Å². The van der Waals surface area contributed by atoms with E-state index in [1.807, 2.05) is 25.4 Å². The summed E-state index contributed by atoms with van der Waals surface area (Å²) in [5, 5.41) is 4.16. The summed E-state index contributed by atoms with van der Waals surface area (Å²) in [7, 11) is 3.53. The molecule has 7 heteroatoms. The first-order valence-corrected chi connectivity index (χ1v) is 8.46. The molecule has 2 heterocycles. The van der Waals surface area contributed by atoms with E-state index in [1.54, 1.807) is 35.0 Å². The Bertz CT molecular complexity index is 757. The van der Waals surface area contributed by atoms with Crippen molar-refractivity contribution in [3.05, 3.63) is 46.7 Å². The van der Waals surface area contributed by atoms with Gasteiger partial charge >= 0.3 is 5.97 Å². The summed E-state index contributed by atoms with van der Waals surface area (Å²) in [5.74, 6) is -0.227. The van der Waals surface area contributed by atoms with Gasteiger partial charge in [0, 0.05) is 36.7 Å². The number of carbonyl (C=O) groups excluding carboxylic acids is 2. The van der Waals surface area contributed by atoms with Crippen molar-refractivity contribution in [2.75, 3.05) is 7.05 Å². The molecule has 1 aromatic carbocycles. The van der Waals surface area contributed by atoms with Crippen LogP contribution in [0.2, 0.25) is 0 Å². The first-order chi connectivity index (χ1) is 11.5. The standard InChI is InChI=1S/C17H18BrN3O3/c1-20-10-11(9-19-20)16-14(7-8-15(22)21(16)2)17(23)24-13-5-3-12(18)4-6-13/h3-6,9-10,14,16H,7-8H2,1-2H3. The van der Waals surface area contributed by atoms with Crippen molar-refractivity contribution in [3.8, 4) is 5.75 Å². The van der Waals surface area contributed by atoms with Gasteiger partial charge in [-0.2, -0.15) is 5.10 Å². The number of carbonyl (C=O) groups is 2. The fourth-order valence-corrected chi connectivity index (χ4v) is 3.29. The van der Waals surface area contributed by atoms with Crippen LogP contribution in [0.15, 0.2) is 41.1 Å². The van der Waals surface area contributed by atoms with Gasteiger partial charge in [-0.25, -0.2) is 0 Å². The van der Waals surface area contributed by atoms with E-state index in [0.29, 0.717) is 18.6 Å². The van der Waals surface area contributed by atoms with Crippen LogP contribution in [0.4, 0.5) is 0 Å². The van der Waals surface area contributed by atoms with Crippen LogP contribution < -0.4 is 4.74 Å². The number of ether oxygens (including phenoxy) is 1. The molecule has 126 valence electrons. The molecular weight excluding hydrogens is 374 g/mol. The Hall–Kier alpha value is -2.15. The third kappa shape index (κ3) is 3.36. The van der Waals surface area contributed by atoms with Crippen LogP contribution in [-0.2, 0) is 16.6 Å². The molecule has 1 aliphatic heterocycles. The van der Waals surface area contributed by atoms with Crippen molar-refractivity contribution in [3.63, 3.8) is 0 Å². The van der Waals surface area contributed by atoms with E-state index < -0.39 is 5.92 Å². The molecule has 2 unspecified atom stereocenters. The highest BCUT2D eigenvalue weighted by Crippen LogP contribution is 2.36. The summed E-state index contributed by atoms with van der Waals surface area (Å²) >= 11 is 3.35. The maximum atomic E-state index is 12.7. The number of halogens is 1. The fraction of sp³-hybridized carbons (Fsp3) is 0.353. The monoisotopic (exact) mass is 391 g/mol. The van der Waals surface area contributed by atoms with Crippen molar-refractivity contribution >= 4 is 27.8 Å². The highest BCUT2D eigenvalue weighted by molar-refractivity contribution is 9.10. The van der Waals surface area contributed by atoms with Crippen LogP contribution in [0, 0.1) is 5.92 Å². The molecule has 0 N–H and O–H groups in total. The van der Waals surface area contributed by atoms with Crippen LogP contribution in [0.1, 0.15) is 24.4 Å². The van der Waals surface area contributed by atoms with Gasteiger partial charge in [0.2, 0.25) is 5.91 Å². The number of amides is 1. The molecule has 6 nitrogen and oxygen atoms in total. The fourth-order valence-electron chi connectivity index (χ4n) is 3.03. The number of aryl methyl sites for hydroxylation is 1. The van der Waals surface area contributed by atoms with Crippen molar-refractivity contribution in [1.29, 1.82) is 0 Å². The Morgan fingerprint density at radius 3 is 2.62 bits per heavy atom. The largest absolute Gasteiger partial charge is 0.426 e. The first kappa shape index (κ1) is 16.7. The molecule has 3 rings (SSSR count). The highest BCUT2D eigenvalue weighted by Gasteiger charge is 2.40. The molecule has 0 bridgehead atoms. The minimum Gasteiger partial charge on any atom is -0.426 e. The zero-order valence-corrected chi connectivity index (χ0v) is 15.1. The number of nitrogens with zero attached hydrogens (tertiary/aromatic N) is 3. The summed E-state index contributed by atoms with van der Waals surface area (Å²) in [6.07, 6.45) is 4.34. The summed E-state index contributed by atoms with van der Waals surface area (Å²) in [4.78, 5) is 26.4. The molecule has 2 aromatic rings. The smallest absolute Gasteiger partial charge is 0.316 e. The second-order valence-corrected chi connectivity index (χ2v) is 6.83. The lowest BCUT2D eigenvalue weighted by atomic mass is 9.86. The van der Waals surface area contributed by atoms with Crippen LogP contribution in [0.5, 0.6) is 5.75 Å². The van der Waals surface area contributed by atoms with Gasteiger partial charge in [-0.1, -0.05) is 15.9 Å². The predicted molar refractivity (Wildman–Crippen MR) is 91.2 cm³/mol. The molecule has 24 heavy (non-hydrogen) atoms. The van der Waals surface area contributed by atoms with E-state index in [1.165, 1.54) is 0 Å². The molecule has 1 saturated heterocycles. The second kappa shape index (κ2) is 6.76. The van der Waals surface area contributed by atoms with E-state index in [4.69, 9.17) is 4.74 Å². The Morgan fingerprint density at radius 1 is 1.29 bits per heavy atom. The normalized spacial score (nSPS) is 21.0. The zero-order valence-electron chi connectivity index (χ0n) is 13.5. The average Bonchev–Trinajstić information content (AvgIpc) is 2.98. The van der Waals surface area contributed by atoms with Gasteiger partial charge in [0.1, 0.15) is 5.75 Å². The average molecular weight is 392 g/mol. The first-order valence-electron chi connectivity index (χ1n) is 7.67. The topological polar surface area (TPSA) is 64.4 Å². The Morgan fingerprint density at radius 2 is 2.00 bits per heavy atom. The molecule has 0 saturated carbocycles. The molecule has 1 fully saturated rings. The van der Waals surface area contributed by atoms with Gasteiger partial charge in [-0.3, -0.25) is 14.3 Å². The lowest BCUT2D eigenvalue weighted by Gasteiger charge is -2.37. The van der Waals surface area contributed by atoms with Crippen molar-refractivity contribution in [2.45, 2.75) is 18.9 Å². The number of benzene rings is 1. The molecule has 0 aliphatic carbocycles. The Balaban J connectivity index is 1.84. The minimum absolute atomic E-state index is 0.0246. The van der Waals surface area contributed by atoms with E-state index in [9.17, 15) is 9.59 Å². The van der Waals surface area contributed by atoms with Crippen LogP contribution in [0.25, 0.3) is 0 Å².